The molecule has 1 N–H and O–H groups in total. The predicted octanol–water partition coefficient (Wildman–Crippen LogP) is 5.92. The molecule has 0 unspecified atom stereocenters. The van der Waals surface area contributed by atoms with Crippen LogP contribution in [0, 0.1) is 12.7 Å². The number of nitrogens with zero attached hydrogens (tertiary/aromatic N) is 2. The number of halogens is 1. The summed E-state index contributed by atoms with van der Waals surface area (Å²) < 4.78 is 15.1. The average Bonchev–Trinajstić information content (AvgIpc) is 3.28. The zero-order valence-electron chi connectivity index (χ0n) is 15.5. The normalized spacial score (nSPS) is 11.2. The van der Waals surface area contributed by atoms with Crippen LogP contribution in [0.1, 0.15) is 15.4 Å². The van der Waals surface area contributed by atoms with Crippen molar-refractivity contribution >= 4 is 38.7 Å². The highest BCUT2D eigenvalue weighted by molar-refractivity contribution is 7.19. The van der Waals surface area contributed by atoms with E-state index in [9.17, 15) is 9.18 Å². The SMILES string of the molecule is Cc1c(C(=O)Nc2cccc3ccccc23)sc2nc(-c3ccc(F)cc3)cn12. The highest BCUT2D eigenvalue weighted by Crippen LogP contribution is 2.29. The Bertz CT molecular complexity index is 1360. The summed E-state index contributed by atoms with van der Waals surface area (Å²) in [5.41, 5.74) is 3.19. The first-order chi connectivity index (χ1) is 14.1. The number of nitrogens with one attached hydrogen (secondary N) is 1. The lowest BCUT2D eigenvalue weighted by Gasteiger charge is -2.08. The molecule has 0 aliphatic rings. The number of benzene rings is 3. The van der Waals surface area contributed by atoms with Gasteiger partial charge in [-0.05, 0) is 42.6 Å². The summed E-state index contributed by atoms with van der Waals surface area (Å²) in [6.45, 7) is 1.90. The number of anilines is 1. The van der Waals surface area contributed by atoms with Gasteiger partial charge >= 0.3 is 0 Å². The maximum atomic E-state index is 13.2. The van der Waals surface area contributed by atoms with Gasteiger partial charge in [-0.1, -0.05) is 47.7 Å². The maximum absolute atomic E-state index is 13.2. The van der Waals surface area contributed by atoms with Crippen molar-refractivity contribution in [2.24, 2.45) is 0 Å². The molecule has 2 aromatic heterocycles. The van der Waals surface area contributed by atoms with E-state index in [0.29, 0.717) is 4.88 Å². The van der Waals surface area contributed by atoms with Gasteiger partial charge in [0.05, 0.1) is 5.69 Å². The standard InChI is InChI=1S/C23H16FN3OS/c1-14-21(22(28)25-19-8-4-6-15-5-2-3-7-18(15)19)29-23-26-20(13-27(14)23)16-9-11-17(24)12-10-16/h2-13H,1H3,(H,25,28). The summed E-state index contributed by atoms with van der Waals surface area (Å²) in [5.74, 6) is -0.434. The second-order valence-electron chi connectivity index (χ2n) is 6.78. The van der Waals surface area contributed by atoms with Crippen molar-refractivity contribution in [2.75, 3.05) is 5.32 Å². The number of rotatable bonds is 3. The van der Waals surface area contributed by atoms with Gasteiger partial charge in [-0.15, -0.1) is 0 Å². The number of imidazole rings is 1. The minimum atomic E-state index is -0.279. The molecule has 3 aromatic carbocycles. The fraction of sp³-hybridized carbons (Fsp3) is 0.0435. The van der Waals surface area contributed by atoms with Crippen LogP contribution >= 0.6 is 11.3 Å². The van der Waals surface area contributed by atoms with Crippen LogP contribution in [0.4, 0.5) is 10.1 Å². The lowest BCUT2D eigenvalue weighted by Crippen LogP contribution is -2.12. The largest absolute Gasteiger partial charge is 0.321 e. The van der Waals surface area contributed by atoms with Gasteiger partial charge < -0.3 is 5.32 Å². The van der Waals surface area contributed by atoms with E-state index in [2.05, 4.69) is 10.3 Å². The third-order valence-corrected chi connectivity index (χ3v) is 6.10. The van der Waals surface area contributed by atoms with Crippen molar-refractivity contribution in [3.05, 3.63) is 89.3 Å². The van der Waals surface area contributed by atoms with E-state index < -0.39 is 0 Å². The van der Waals surface area contributed by atoms with Crippen LogP contribution in [-0.4, -0.2) is 15.3 Å². The highest BCUT2D eigenvalue weighted by Gasteiger charge is 2.19. The average molecular weight is 401 g/mol. The molecule has 6 heteroatoms. The summed E-state index contributed by atoms with van der Waals surface area (Å²) in [7, 11) is 0. The van der Waals surface area contributed by atoms with Crippen LogP contribution in [0.25, 0.3) is 27.0 Å². The van der Waals surface area contributed by atoms with Crippen LogP contribution in [-0.2, 0) is 0 Å². The zero-order chi connectivity index (χ0) is 20.0. The topological polar surface area (TPSA) is 46.4 Å². The Hall–Kier alpha value is -3.51. The molecule has 1 amide bonds. The number of carbonyl (C=O) groups is 1. The number of aryl methyl sites for hydroxylation is 1. The smallest absolute Gasteiger partial charge is 0.267 e. The first-order valence-electron chi connectivity index (χ1n) is 9.14. The maximum Gasteiger partial charge on any atom is 0.267 e. The lowest BCUT2D eigenvalue weighted by molar-refractivity contribution is 0.103. The summed E-state index contributed by atoms with van der Waals surface area (Å²) in [6.07, 6.45) is 1.88. The van der Waals surface area contributed by atoms with Crippen molar-refractivity contribution in [3.8, 4) is 11.3 Å². The van der Waals surface area contributed by atoms with Gasteiger partial charge in [-0.3, -0.25) is 9.20 Å². The minimum absolute atomic E-state index is 0.155. The minimum Gasteiger partial charge on any atom is -0.321 e. The molecule has 0 saturated carbocycles. The van der Waals surface area contributed by atoms with Gasteiger partial charge in [-0.25, -0.2) is 9.37 Å². The molecule has 0 aliphatic heterocycles. The molecule has 0 fully saturated rings. The zero-order valence-corrected chi connectivity index (χ0v) is 16.3. The number of aromatic nitrogens is 2. The fourth-order valence-electron chi connectivity index (χ4n) is 3.43. The molecule has 0 radical (unpaired) electrons. The Morgan fingerprint density at radius 1 is 1.03 bits per heavy atom. The van der Waals surface area contributed by atoms with Crippen LogP contribution in [0.5, 0.6) is 0 Å². The molecule has 5 aromatic rings. The third kappa shape index (κ3) is 3.07. The fourth-order valence-corrected chi connectivity index (χ4v) is 4.44. The van der Waals surface area contributed by atoms with Crippen LogP contribution in [0.2, 0.25) is 0 Å². The van der Waals surface area contributed by atoms with E-state index in [1.165, 1.54) is 23.5 Å². The molecule has 142 valence electrons. The Morgan fingerprint density at radius 2 is 1.79 bits per heavy atom. The predicted molar refractivity (Wildman–Crippen MR) is 115 cm³/mol. The summed E-state index contributed by atoms with van der Waals surface area (Å²) in [4.78, 5) is 18.9. The van der Waals surface area contributed by atoms with E-state index in [0.717, 1.165) is 38.4 Å². The number of amides is 1. The Morgan fingerprint density at radius 3 is 2.59 bits per heavy atom. The van der Waals surface area contributed by atoms with Gasteiger partial charge in [-0.2, -0.15) is 0 Å². The van der Waals surface area contributed by atoms with Crippen LogP contribution in [0.15, 0.2) is 72.9 Å². The van der Waals surface area contributed by atoms with Crippen molar-refractivity contribution in [1.82, 2.24) is 9.38 Å². The number of hydrogen-bond donors (Lipinski definition) is 1. The van der Waals surface area contributed by atoms with Crippen LogP contribution < -0.4 is 5.32 Å². The Labute approximate surface area is 170 Å². The lowest BCUT2D eigenvalue weighted by atomic mass is 10.1. The van der Waals surface area contributed by atoms with E-state index in [1.54, 1.807) is 12.1 Å². The van der Waals surface area contributed by atoms with Crippen molar-refractivity contribution in [2.45, 2.75) is 6.92 Å². The number of hydrogen-bond acceptors (Lipinski definition) is 3. The Kier molecular flexibility index (Phi) is 4.14. The van der Waals surface area contributed by atoms with Gasteiger partial charge in [0.2, 0.25) is 0 Å². The monoisotopic (exact) mass is 401 g/mol. The molecule has 2 heterocycles. The van der Waals surface area contributed by atoms with Gasteiger partial charge in [0, 0.05) is 28.5 Å². The quantitative estimate of drug-likeness (QED) is 0.408. The molecule has 5 rings (SSSR count). The third-order valence-electron chi connectivity index (χ3n) is 4.94. The van der Waals surface area contributed by atoms with E-state index in [4.69, 9.17) is 0 Å². The summed E-state index contributed by atoms with van der Waals surface area (Å²) in [6, 6.07) is 20.0. The number of fused-ring (bicyclic) bond motifs is 2. The molecular weight excluding hydrogens is 385 g/mol. The molecule has 0 spiro atoms. The molecule has 29 heavy (non-hydrogen) atoms. The Balaban J connectivity index is 1.48. The van der Waals surface area contributed by atoms with Crippen molar-refractivity contribution < 1.29 is 9.18 Å². The molecule has 0 atom stereocenters. The summed E-state index contributed by atoms with van der Waals surface area (Å²) in [5, 5.41) is 5.11. The second kappa shape index (κ2) is 6.83. The molecule has 4 nitrogen and oxygen atoms in total. The summed E-state index contributed by atoms with van der Waals surface area (Å²) >= 11 is 1.34. The van der Waals surface area contributed by atoms with Crippen molar-refractivity contribution in [3.63, 3.8) is 0 Å². The van der Waals surface area contributed by atoms with Crippen LogP contribution in [0.3, 0.4) is 0 Å². The molecule has 0 aliphatic carbocycles. The number of carbonyl (C=O) groups excluding carboxylic acids is 1. The first-order valence-corrected chi connectivity index (χ1v) is 9.95. The van der Waals surface area contributed by atoms with E-state index in [-0.39, 0.29) is 11.7 Å². The van der Waals surface area contributed by atoms with Gasteiger partial charge in [0.1, 0.15) is 10.7 Å². The highest BCUT2D eigenvalue weighted by atomic mass is 32.1. The van der Waals surface area contributed by atoms with E-state index in [1.807, 2.05) is 60.0 Å². The number of thiazole rings is 1. The van der Waals surface area contributed by atoms with Gasteiger partial charge in [0.25, 0.3) is 5.91 Å². The van der Waals surface area contributed by atoms with Crippen molar-refractivity contribution in [1.29, 1.82) is 0 Å². The van der Waals surface area contributed by atoms with Gasteiger partial charge in [0.15, 0.2) is 4.96 Å². The molecule has 0 saturated heterocycles. The molecule has 0 bridgehead atoms. The molecular formula is C23H16FN3OS. The second-order valence-corrected chi connectivity index (χ2v) is 7.76. The van der Waals surface area contributed by atoms with E-state index >= 15 is 0 Å². The first kappa shape index (κ1) is 17.6.